The Balaban J connectivity index is 1.72. The van der Waals surface area contributed by atoms with Crippen molar-refractivity contribution in [3.05, 3.63) is 65.2 Å². The number of hydrogen-bond donors (Lipinski definition) is 3. The quantitative estimate of drug-likeness (QED) is 0.465. The maximum absolute atomic E-state index is 13.6. The fraction of sp³-hybridized carbons (Fsp3) is 0.300. The Kier molecular flexibility index (Phi) is 8.64. The zero-order valence-electron chi connectivity index (χ0n) is 16.7. The van der Waals surface area contributed by atoms with Crippen LogP contribution < -0.4 is 10.5 Å². The second kappa shape index (κ2) is 11.2. The summed E-state index contributed by atoms with van der Waals surface area (Å²) in [5.74, 6) is 0.0425. The number of alkyl halides is 3. The molecule has 0 amide bonds. The zero-order chi connectivity index (χ0) is 23.1. The summed E-state index contributed by atoms with van der Waals surface area (Å²) >= 11 is 1.18. The molecule has 0 radical (unpaired) electrons. The molecule has 7 nitrogen and oxygen atoms in total. The molecule has 1 aliphatic rings. The molecule has 2 aromatic rings. The molecule has 12 heteroatoms. The molecule has 0 spiro atoms. The minimum absolute atomic E-state index is 0.111. The number of rotatable bonds is 9. The van der Waals surface area contributed by atoms with Gasteiger partial charge in [0, 0.05) is 17.7 Å². The third-order valence-corrected chi connectivity index (χ3v) is 5.86. The summed E-state index contributed by atoms with van der Waals surface area (Å²) in [5, 5.41) is 8.28. The molecule has 0 saturated carbocycles. The lowest BCUT2D eigenvalue weighted by Crippen LogP contribution is -2.37. The molecule has 0 fully saturated rings. The maximum Gasteiger partial charge on any atom is 0.419 e. The summed E-state index contributed by atoms with van der Waals surface area (Å²) in [6.45, 7) is -0.0458. The van der Waals surface area contributed by atoms with Crippen molar-refractivity contribution >= 4 is 31.1 Å². The van der Waals surface area contributed by atoms with Gasteiger partial charge in [-0.15, -0.1) is 5.10 Å². The van der Waals surface area contributed by atoms with Crippen LogP contribution in [-0.4, -0.2) is 45.6 Å². The van der Waals surface area contributed by atoms with Gasteiger partial charge >= 0.3 is 14.8 Å². The summed E-state index contributed by atoms with van der Waals surface area (Å²) in [7, 11) is -2.53. The number of benzene rings is 2. The molecule has 4 N–H and O–H groups in total. The van der Waals surface area contributed by atoms with Gasteiger partial charge in [0.15, 0.2) is 0 Å². The van der Waals surface area contributed by atoms with Gasteiger partial charge in [0.05, 0.1) is 30.5 Å². The van der Waals surface area contributed by atoms with Crippen LogP contribution >= 0.6 is 20.4 Å². The van der Waals surface area contributed by atoms with E-state index < -0.39 is 26.4 Å². The van der Waals surface area contributed by atoms with Gasteiger partial charge in [-0.3, -0.25) is 0 Å². The number of halogens is 3. The third-order valence-electron chi connectivity index (χ3n) is 4.45. The van der Waals surface area contributed by atoms with Gasteiger partial charge in [-0.25, -0.2) is 0 Å². The standard InChI is InChI=1S/C20H21F3N3O4PS/c21-20(22,23)15-10-14(6-7-18(15)29-9-8-13-4-2-1-3-5-13)19-26-25-17(12-32-19)16(24)11-30-31(27)28/h1-7,10,16,27-28H,8-9,11-12,24H2. The van der Waals surface area contributed by atoms with Crippen LogP contribution in [0.1, 0.15) is 16.7 Å². The van der Waals surface area contributed by atoms with Crippen LogP contribution in [0.4, 0.5) is 13.2 Å². The largest absolute Gasteiger partial charge is 0.493 e. The number of nitrogens with zero attached hydrogens (tertiary/aromatic N) is 2. The summed E-state index contributed by atoms with van der Waals surface area (Å²) in [4.78, 5) is 17.6. The monoisotopic (exact) mass is 487 g/mol. The lowest BCUT2D eigenvalue weighted by molar-refractivity contribution is -0.138. The van der Waals surface area contributed by atoms with Crippen molar-refractivity contribution in [3.8, 4) is 5.75 Å². The van der Waals surface area contributed by atoms with Crippen LogP contribution in [0.2, 0.25) is 0 Å². The number of ether oxygens (including phenoxy) is 1. The van der Waals surface area contributed by atoms with Gasteiger partial charge in [-0.1, -0.05) is 42.1 Å². The van der Waals surface area contributed by atoms with E-state index in [0.717, 1.165) is 11.6 Å². The highest BCUT2D eigenvalue weighted by Crippen LogP contribution is 2.38. The predicted molar refractivity (Wildman–Crippen MR) is 119 cm³/mol. The van der Waals surface area contributed by atoms with Crippen molar-refractivity contribution in [1.82, 2.24) is 0 Å². The van der Waals surface area contributed by atoms with E-state index in [1.165, 1.54) is 23.9 Å². The number of nitrogens with two attached hydrogens (primary N) is 1. The highest BCUT2D eigenvalue weighted by Gasteiger charge is 2.35. The van der Waals surface area contributed by atoms with E-state index >= 15 is 0 Å². The van der Waals surface area contributed by atoms with Gasteiger partial charge in [0.1, 0.15) is 10.8 Å². The molecule has 1 atom stereocenters. The summed E-state index contributed by atoms with van der Waals surface area (Å²) in [6, 6.07) is 12.4. The maximum atomic E-state index is 13.6. The minimum Gasteiger partial charge on any atom is -0.493 e. The lowest BCUT2D eigenvalue weighted by Gasteiger charge is -2.19. The van der Waals surface area contributed by atoms with Crippen LogP contribution in [0.25, 0.3) is 0 Å². The molecular weight excluding hydrogens is 466 g/mol. The zero-order valence-corrected chi connectivity index (χ0v) is 18.4. The molecule has 0 aliphatic carbocycles. The summed E-state index contributed by atoms with van der Waals surface area (Å²) < 4.78 is 51.0. The lowest BCUT2D eigenvalue weighted by atomic mass is 10.1. The van der Waals surface area contributed by atoms with Gasteiger partial charge in [0.25, 0.3) is 0 Å². The SMILES string of the molecule is NC(COP(O)O)C1=NN=C(c2ccc(OCCc3ccccc3)c(C(F)(F)F)c2)SC1. The van der Waals surface area contributed by atoms with E-state index in [1.807, 2.05) is 30.3 Å². The smallest absolute Gasteiger partial charge is 0.419 e. The Hall–Kier alpha value is -2.01. The highest BCUT2D eigenvalue weighted by molar-refractivity contribution is 8.15. The fourth-order valence-electron chi connectivity index (χ4n) is 2.81. The summed E-state index contributed by atoms with van der Waals surface area (Å²) in [6.07, 6.45) is -4.11. The van der Waals surface area contributed by atoms with E-state index in [4.69, 9.17) is 20.3 Å². The first-order valence-electron chi connectivity index (χ1n) is 9.46. The Bertz CT molecular complexity index is 974. The van der Waals surface area contributed by atoms with Crippen LogP contribution in [-0.2, 0) is 17.1 Å². The molecule has 172 valence electrons. The molecule has 1 unspecified atom stereocenters. The van der Waals surface area contributed by atoms with Crippen molar-refractivity contribution in [2.24, 2.45) is 15.9 Å². The average Bonchev–Trinajstić information content (AvgIpc) is 2.78. The molecule has 0 aromatic heterocycles. The molecular formula is C20H21F3N3O4PS. The first-order valence-corrected chi connectivity index (χ1v) is 11.6. The van der Waals surface area contributed by atoms with E-state index in [1.54, 1.807) is 0 Å². The first-order chi connectivity index (χ1) is 15.2. The molecule has 2 aromatic carbocycles. The van der Waals surface area contributed by atoms with Crippen LogP contribution in [0.5, 0.6) is 5.75 Å². The van der Waals surface area contributed by atoms with Gasteiger partial charge in [-0.05, 0) is 23.8 Å². The minimum atomic E-state index is -4.60. The molecule has 0 saturated heterocycles. The molecule has 1 heterocycles. The predicted octanol–water partition coefficient (Wildman–Crippen LogP) is 3.73. The van der Waals surface area contributed by atoms with Crippen molar-refractivity contribution in [2.75, 3.05) is 19.0 Å². The van der Waals surface area contributed by atoms with Crippen LogP contribution in [0, 0.1) is 0 Å². The first kappa shape index (κ1) is 24.6. The van der Waals surface area contributed by atoms with E-state index in [0.29, 0.717) is 17.2 Å². The van der Waals surface area contributed by atoms with Crippen LogP contribution in [0.15, 0.2) is 58.7 Å². The Morgan fingerprint density at radius 2 is 1.88 bits per heavy atom. The highest BCUT2D eigenvalue weighted by atomic mass is 32.2. The van der Waals surface area contributed by atoms with E-state index in [-0.39, 0.29) is 30.3 Å². The molecule has 32 heavy (non-hydrogen) atoms. The van der Waals surface area contributed by atoms with Crippen molar-refractivity contribution in [3.63, 3.8) is 0 Å². The van der Waals surface area contributed by atoms with Gasteiger partial charge in [-0.2, -0.15) is 18.3 Å². The number of thioether (sulfide) groups is 1. The fourth-order valence-corrected chi connectivity index (χ4v) is 4.05. The third kappa shape index (κ3) is 6.99. The summed E-state index contributed by atoms with van der Waals surface area (Å²) in [5.41, 5.74) is 6.64. The second-order valence-corrected chi connectivity index (χ2v) is 8.46. The van der Waals surface area contributed by atoms with Gasteiger partial charge in [0.2, 0.25) is 0 Å². The topological polar surface area (TPSA) is 110 Å². The van der Waals surface area contributed by atoms with Crippen LogP contribution in [0.3, 0.4) is 0 Å². The normalized spacial score (nSPS) is 15.3. The van der Waals surface area contributed by atoms with Gasteiger partial charge < -0.3 is 24.8 Å². The Morgan fingerprint density at radius 1 is 1.12 bits per heavy atom. The molecule has 1 aliphatic heterocycles. The Morgan fingerprint density at radius 3 is 2.50 bits per heavy atom. The Labute approximate surface area is 188 Å². The van der Waals surface area contributed by atoms with Crippen molar-refractivity contribution in [2.45, 2.75) is 18.6 Å². The van der Waals surface area contributed by atoms with E-state index in [9.17, 15) is 13.2 Å². The van der Waals surface area contributed by atoms with E-state index in [2.05, 4.69) is 14.7 Å². The van der Waals surface area contributed by atoms with Crippen molar-refractivity contribution < 1.29 is 32.2 Å². The molecule has 3 rings (SSSR count). The second-order valence-electron chi connectivity index (χ2n) is 6.73. The average molecular weight is 487 g/mol. The molecule has 0 bridgehead atoms. The van der Waals surface area contributed by atoms with Crippen molar-refractivity contribution in [1.29, 1.82) is 0 Å². The number of hydrogen-bond acceptors (Lipinski definition) is 8.